The number of benzene rings is 1. The van der Waals surface area contributed by atoms with Crippen LogP contribution < -0.4 is 4.74 Å². The maximum absolute atomic E-state index is 14.9. The van der Waals surface area contributed by atoms with Gasteiger partial charge < -0.3 is 13.8 Å². The van der Waals surface area contributed by atoms with Gasteiger partial charge in [0, 0.05) is 0 Å². The van der Waals surface area contributed by atoms with Gasteiger partial charge in [-0.1, -0.05) is 18.6 Å². The second-order valence-electron chi connectivity index (χ2n) is 11.7. The summed E-state index contributed by atoms with van der Waals surface area (Å²) in [6, 6.07) is 3.17. The van der Waals surface area contributed by atoms with Crippen LogP contribution in [-0.2, 0) is 13.6 Å². The third kappa shape index (κ3) is 10.3. The first-order valence-corrected chi connectivity index (χ1v) is 14.7. The van der Waals surface area contributed by atoms with Gasteiger partial charge in [-0.2, -0.15) is 4.39 Å². The van der Waals surface area contributed by atoms with E-state index >= 15 is 0 Å². The molecule has 0 spiro atoms. The molecular formula is C28H45F2O4P. The van der Waals surface area contributed by atoms with Crippen LogP contribution in [0, 0.1) is 17.6 Å². The minimum absolute atomic E-state index is 0.0455. The third-order valence-corrected chi connectivity index (χ3v) is 8.56. The van der Waals surface area contributed by atoms with Gasteiger partial charge in [-0.05, 0) is 110 Å². The molecule has 0 aromatic heterocycles. The van der Waals surface area contributed by atoms with E-state index in [9.17, 15) is 13.3 Å². The lowest BCUT2D eigenvalue weighted by atomic mass is 9.77. The summed E-state index contributed by atoms with van der Waals surface area (Å²) in [6.07, 6.45) is 9.62. The minimum Gasteiger partial charge on any atom is -0.490 e. The summed E-state index contributed by atoms with van der Waals surface area (Å²) in [5.74, 6) is -1.16. The lowest BCUT2D eigenvalue weighted by Crippen LogP contribution is -2.25. The van der Waals surface area contributed by atoms with Crippen molar-refractivity contribution in [3.8, 4) is 5.75 Å². The molecule has 1 fully saturated rings. The van der Waals surface area contributed by atoms with E-state index in [-0.39, 0.29) is 24.4 Å². The Bertz CT molecular complexity index is 845. The van der Waals surface area contributed by atoms with Crippen molar-refractivity contribution in [1.29, 1.82) is 0 Å². The van der Waals surface area contributed by atoms with Crippen LogP contribution in [0.5, 0.6) is 5.75 Å². The summed E-state index contributed by atoms with van der Waals surface area (Å²) in [6.45, 7) is 14.7. The largest absolute Gasteiger partial charge is 0.490 e. The minimum atomic E-state index is -3.40. The molecule has 4 nitrogen and oxygen atoms in total. The topological polar surface area (TPSA) is 44.8 Å². The van der Waals surface area contributed by atoms with E-state index in [4.69, 9.17) is 13.8 Å². The first-order chi connectivity index (χ1) is 16.2. The molecule has 7 heteroatoms. The number of hydrogen-bond acceptors (Lipinski definition) is 4. The molecule has 2 rings (SSSR count). The van der Waals surface area contributed by atoms with Gasteiger partial charge in [-0.15, -0.1) is 6.58 Å². The van der Waals surface area contributed by atoms with Crippen molar-refractivity contribution in [3.63, 3.8) is 0 Å². The van der Waals surface area contributed by atoms with Gasteiger partial charge in [0.05, 0.1) is 24.0 Å². The third-order valence-electron chi connectivity index (χ3n) is 6.04. The summed E-state index contributed by atoms with van der Waals surface area (Å²) in [4.78, 5) is 0. The maximum Gasteiger partial charge on any atom is 0.331 e. The smallest absolute Gasteiger partial charge is 0.331 e. The van der Waals surface area contributed by atoms with Crippen LogP contribution in [0.4, 0.5) is 8.78 Å². The van der Waals surface area contributed by atoms with Gasteiger partial charge in [0.2, 0.25) is 5.82 Å². The molecule has 0 atom stereocenters. The highest BCUT2D eigenvalue weighted by molar-refractivity contribution is 7.53. The first-order valence-electron chi connectivity index (χ1n) is 13.0. The van der Waals surface area contributed by atoms with E-state index in [2.05, 4.69) is 6.58 Å². The Balaban J connectivity index is 1.92. The highest BCUT2D eigenvalue weighted by Gasteiger charge is 2.35. The molecule has 1 aliphatic carbocycles. The lowest BCUT2D eigenvalue weighted by molar-refractivity contribution is 0.0487. The van der Waals surface area contributed by atoms with E-state index < -0.39 is 30.4 Å². The zero-order valence-electron chi connectivity index (χ0n) is 22.5. The zero-order valence-corrected chi connectivity index (χ0v) is 23.4. The molecular weight excluding hydrogens is 469 g/mol. The molecule has 200 valence electrons. The second-order valence-corrected chi connectivity index (χ2v) is 13.7. The van der Waals surface area contributed by atoms with Gasteiger partial charge in [0.15, 0.2) is 11.6 Å². The summed E-state index contributed by atoms with van der Waals surface area (Å²) in [5.41, 5.74) is -0.837. The fourth-order valence-corrected chi connectivity index (χ4v) is 7.08. The normalized spacial score (nSPS) is 19.5. The van der Waals surface area contributed by atoms with Crippen molar-refractivity contribution in [3.05, 3.63) is 42.0 Å². The van der Waals surface area contributed by atoms with Crippen LogP contribution in [0.3, 0.4) is 0 Å². The molecule has 0 heterocycles. The van der Waals surface area contributed by atoms with Crippen molar-refractivity contribution in [2.75, 3.05) is 12.8 Å². The monoisotopic (exact) mass is 514 g/mol. The van der Waals surface area contributed by atoms with Crippen molar-refractivity contribution in [2.45, 2.75) is 110 Å². The van der Waals surface area contributed by atoms with Crippen LogP contribution >= 0.6 is 7.60 Å². The Labute approximate surface area is 211 Å². The predicted octanol–water partition coefficient (Wildman–Crippen LogP) is 9.19. The van der Waals surface area contributed by atoms with Crippen LogP contribution in [0.1, 0.15) is 104 Å². The first kappa shape index (κ1) is 30.0. The maximum atomic E-state index is 14.9. The van der Waals surface area contributed by atoms with Crippen LogP contribution in [0.25, 0.3) is 0 Å². The van der Waals surface area contributed by atoms with Crippen molar-refractivity contribution in [1.82, 2.24) is 0 Å². The van der Waals surface area contributed by atoms with E-state index in [1.165, 1.54) is 12.5 Å². The molecule has 35 heavy (non-hydrogen) atoms. The highest BCUT2D eigenvalue weighted by atomic mass is 31.2. The van der Waals surface area contributed by atoms with Gasteiger partial charge in [0.25, 0.3) is 0 Å². The van der Waals surface area contributed by atoms with Gasteiger partial charge in [-0.25, -0.2) is 4.39 Å². The quantitative estimate of drug-likeness (QED) is 0.158. The fraction of sp³-hybridized carbons (Fsp3) is 0.714. The van der Waals surface area contributed by atoms with Gasteiger partial charge >= 0.3 is 7.60 Å². The Morgan fingerprint density at radius 1 is 0.971 bits per heavy atom. The number of halogens is 2. The molecule has 1 aliphatic rings. The van der Waals surface area contributed by atoms with E-state index in [1.807, 2.05) is 47.6 Å². The molecule has 0 aliphatic heterocycles. The summed E-state index contributed by atoms with van der Waals surface area (Å²) >= 11 is 0. The Hall–Kier alpha value is -1.23. The lowest BCUT2D eigenvalue weighted by Gasteiger charge is -2.32. The summed E-state index contributed by atoms with van der Waals surface area (Å²) in [5, 5.41) is 0. The standard InChI is InChI=1S/C28H45F2O4P/c1-8-9-10-12-21-13-15-22(16-14-21)23-17-18-24(26(30)25(23)29)32-19-11-20-35(31,33-27(2,3)4)34-28(5,6)7/h8,17-18,21-22H,1,9-16,19-20H2,2-7H3/t21-,22-. The van der Waals surface area contributed by atoms with E-state index in [0.29, 0.717) is 17.9 Å². The zero-order chi connectivity index (χ0) is 26.3. The SMILES string of the molecule is C=CCCC[C@H]1CC[C@H](c2ccc(OCCCP(=O)(OC(C)(C)C)OC(C)(C)C)c(F)c2F)CC1. The second kappa shape index (κ2) is 12.8. The summed E-state index contributed by atoms with van der Waals surface area (Å²) in [7, 11) is -3.40. The molecule has 0 radical (unpaired) electrons. The molecule has 1 saturated carbocycles. The number of ether oxygens (including phenoxy) is 1. The molecule has 0 bridgehead atoms. The van der Waals surface area contributed by atoms with Gasteiger partial charge in [0.1, 0.15) is 0 Å². The highest BCUT2D eigenvalue weighted by Crippen LogP contribution is 2.54. The number of hydrogen-bond donors (Lipinski definition) is 0. The Kier molecular flexibility index (Phi) is 11.0. The predicted molar refractivity (Wildman–Crippen MR) is 139 cm³/mol. The molecule has 0 amide bonds. The average Bonchev–Trinajstić information content (AvgIpc) is 2.72. The van der Waals surface area contributed by atoms with E-state index in [0.717, 1.165) is 38.5 Å². The fourth-order valence-electron chi connectivity index (χ4n) is 4.67. The van der Waals surface area contributed by atoms with Gasteiger partial charge in [-0.3, -0.25) is 4.57 Å². The molecule has 0 saturated heterocycles. The van der Waals surface area contributed by atoms with Crippen molar-refractivity contribution < 1.29 is 27.1 Å². The number of allylic oxidation sites excluding steroid dienone is 1. The van der Waals surface area contributed by atoms with E-state index in [1.54, 1.807) is 6.07 Å². The average molecular weight is 515 g/mol. The van der Waals surface area contributed by atoms with Crippen molar-refractivity contribution >= 4 is 7.60 Å². The number of rotatable bonds is 12. The molecule has 0 unspecified atom stereocenters. The Morgan fingerprint density at radius 2 is 1.57 bits per heavy atom. The van der Waals surface area contributed by atoms with Crippen LogP contribution in [0.2, 0.25) is 0 Å². The Morgan fingerprint density at radius 3 is 2.11 bits per heavy atom. The molecule has 0 N–H and O–H groups in total. The molecule has 1 aromatic carbocycles. The van der Waals surface area contributed by atoms with Crippen LogP contribution in [-0.4, -0.2) is 24.0 Å². The number of unbranched alkanes of at least 4 members (excludes halogenated alkanes) is 1. The van der Waals surface area contributed by atoms with Crippen molar-refractivity contribution in [2.24, 2.45) is 5.92 Å². The molecule has 1 aromatic rings. The van der Waals surface area contributed by atoms with Crippen LogP contribution in [0.15, 0.2) is 24.8 Å². The summed E-state index contributed by atoms with van der Waals surface area (Å²) < 4.78 is 60.0.